The molecular formula is C32H38N6O3. The van der Waals surface area contributed by atoms with Crippen LogP contribution in [0.15, 0.2) is 73.1 Å². The number of aromatic nitrogens is 1. The average molecular weight is 555 g/mol. The van der Waals surface area contributed by atoms with E-state index in [-0.39, 0.29) is 36.2 Å². The SMILES string of the molecule is NC1CCC(NC(=O)c2ccc(N3CCCN(C(=O)c4ccncc4)CC3)c(NC(=O)Cc3ccccc3)c2)CC1. The van der Waals surface area contributed by atoms with Crippen molar-refractivity contribution >= 4 is 29.1 Å². The fourth-order valence-electron chi connectivity index (χ4n) is 5.60. The molecule has 9 heteroatoms. The second kappa shape index (κ2) is 13.4. The zero-order chi connectivity index (χ0) is 28.6. The van der Waals surface area contributed by atoms with Crippen molar-refractivity contribution in [2.24, 2.45) is 5.73 Å². The zero-order valence-corrected chi connectivity index (χ0v) is 23.3. The van der Waals surface area contributed by atoms with E-state index in [0.29, 0.717) is 36.4 Å². The maximum atomic E-state index is 13.2. The van der Waals surface area contributed by atoms with Gasteiger partial charge in [-0.2, -0.15) is 0 Å². The average Bonchev–Trinajstić information content (AvgIpc) is 3.25. The van der Waals surface area contributed by atoms with E-state index in [1.165, 1.54) is 0 Å². The maximum absolute atomic E-state index is 13.2. The summed E-state index contributed by atoms with van der Waals surface area (Å²) >= 11 is 0. The summed E-state index contributed by atoms with van der Waals surface area (Å²) in [5, 5.41) is 6.23. The molecule has 214 valence electrons. The minimum absolute atomic E-state index is 0.0127. The van der Waals surface area contributed by atoms with Crippen molar-refractivity contribution in [2.45, 2.75) is 50.6 Å². The summed E-state index contributed by atoms with van der Waals surface area (Å²) in [4.78, 5) is 47.4. The molecule has 3 amide bonds. The van der Waals surface area contributed by atoms with Gasteiger partial charge in [0.1, 0.15) is 0 Å². The van der Waals surface area contributed by atoms with Crippen molar-refractivity contribution in [1.29, 1.82) is 0 Å². The first-order valence-corrected chi connectivity index (χ1v) is 14.4. The Bertz CT molecular complexity index is 1340. The number of nitrogens with two attached hydrogens (primary N) is 1. The largest absolute Gasteiger partial charge is 0.368 e. The van der Waals surface area contributed by atoms with Crippen LogP contribution < -0.4 is 21.3 Å². The Hall–Kier alpha value is -4.24. The molecule has 2 aromatic carbocycles. The second-order valence-corrected chi connectivity index (χ2v) is 10.9. The Morgan fingerprint density at radius 1 is 0.854 bits per heavy atom. The number of nitrogens with zero attached hydrogens (tertiary/aromatic N) is 3. The Morgan fingerprint density at radius 2 is 1.61 bits per heavy atom. The third-order valence-corrected chi connectivity index (χ3v) is 7.90. The molecule has 1 saturated heterocycles. The number of anilines is 2. The summed E-state index contributed by atoms with van der Waals surface area (Å²) in [7, 11) is 0. The van der Waals surface area contributed by atoms with Crippen LogP contribution in [0.4, 0.5) is 11.4 Å². The van der Waals surface area contributed by atoms with Gasteiger partial charge in [0.2, 0.25) is 5.91 Å². The van der Waals surface area contributed by atoms with Crippen molar-refractivity contribution in [3.05, 3.63) is 89.7 Å². The second-order valence-electron chi connectivity index (χ2n) is 10.9. The first-order valence-electron chi connectivity index (χ1n) is 14.4. The van der Waals surface area contributed by atoms with E-state index in [1.54, 1.807) is 30.6 Å². The standard InChI is InChI=1S/C32H38N6O3/c33-26-8-10-27(11-9-26)35-31(40)25-7-12-29(28(22-25)36-30(39)21-23-5-2-1-3-6-23)37-17-4-18-38(20-19-37)32(41)24-13-15-34-16-14-24/h1-3,5-7,12-16,22,26-27H,4,8-11,17-21,33H2,(H,35,40)(H,36,39). The van der Waals surface area contributed by atoms with Crippen LogP contribution in [0, 0.1) is 0 Å². The summed E-state index contributed by atoms with van der Waals surface area (Å²) in [5.74, 6) is -0.317. The maximum Gasteiger partial charge on any atom is 0.254 e. The molecule has 2 fully saturated rings. The number of amides is 3. The first kappa shape index (κ1) is 28.3. The molecule has 2 heterocycles. The number of hydrogen-bond donors (Lipinski definition) is 3. The van der Waals surface area contributed by atoms with Gasteiger partial charge in [-0.3, -0.25) is 19.4 Å². The Morgan fingerprint density at radius 3 is 2.37 bits per heavy atom. The van der Waals surface area contributed by atoms with E-state index in [9.17, 15) is 14.4 Å². The van der Waals surface area contributed by atoms with Crippen LogP contribution in [-0.4, -0.2) is 65.9 Å². The molecule has 2 aliphatic rings. The molecule has 0 spiro atoms. The van der Waals surface area contributed by atoms with Gasteiger partial charge in [0.15, 0.2) is 0 Å². The summed E-state index contributed by atoms with van der Waals surface area (Å²) < 4.78 is 0. The van der Waals surface area contributed by atoms with Crippen LogP contribution in [0.2, 0.25) is 0 Å². The molecule has 5 rings (SSSR count). The third kappa shape index (κ3) is 7.49. The van der Waals surface area contributed by atoms with Gasteiger partial charge in [-0.05, 0) is 68.0 Å². The van der Waals surface area contributed by atoms with Gasteiger partial charge in [0.05, 0.1) is 17.8 Å². The van der Waals surface area contributed by atoms with E-state index < -0.39 is 0 Å². The minimum Gasteiger partial charge on any atom is -0.368 e. The van der Waals surface area contributed by atoms with Crippen LogP contribution in [-0.2, 0) is 11.2 Å². The highest BCUT2D eigenvalue weighted by Gasteiger charge is 2.24. The number of carbonyl (C=O) groups is 3. The summed E-state index contributed by atoms with van der Waals surface area (Å²) in [5.41, 5.74) is 9.50. The lowest BCUT2D eigenvalue weighted by Gasteiger charge is -2.28. The first-order chi connectivity index (χ1) is 20.0. The fourth-order valence-corrected chi connectivity index (χ4v) is 5.60. The molecule has 0 radical (unpaired) electrons. The van der Waals surface area contributed by atoms with E-state index in [2.05, 4.69) is 20.5 Å². The fraction of sp³-hybridized carbons (Fsp3) is 0.375. The third-order valence-electron chi connectivity index (χ3n) is 7.90. The molecule has 41 heavy (non-hydrogen) atoms. The summed E-state index contributed by atoms with van der Waals surface area (Å²) in [6, 6.07) is 18.9. The highest BCUT2D eigenvalue weighted by molar-refractivity contribution is 6.00. The highest BCUT2D eigenvalue weighted by Crippen LogP contribution is 2.29. The van der Waals surface area contributed by atoms with Crippen LogP contribution in [0.25, 0.3) is 0 Å². The predicted molar refractivity (Wildman–Crippen MR) is 160 cm³/mol. The number of benzene rings is 2. The molecule has 1 aliphatic heterocycles. The van der Waals surface area contributed by atoms with Gasteiger partial charge >= 0.3 is 0 Å². The predicted octanol–water partition coefficient (Wildman–Crippen LogP) is 3.62. The number of nitrogens with one attached hydrogen (secondary N) is 2. The minimum atomic E-state index is -0.152. The Balaban J connectivity index is 1.33. The van der Waals surface area contributed by atoms with Gasteiger partial charge in [0.25, 0.3) is 11.8 Å². The summed E-state index contributed by atoms with van der Waals surface area (Å²) in [6.45, 7) is 2.51. The molecule has 1 saturated carbocycles. The van der Waals surface area contributed by atoms with Gasteiger partial charge in [-0.1, -0.05) is 30.3 Å². The molecule has 3 aromatic rings. The molecular weight excluding hydrogens is 516 g/mol. The smallest absolute Gasteiger partial charge is 0.254 e. The Labute approximate surface area is 241 Å². The van der Waals surface area contributed by atoms with Crippen molar-refractivity contribution in [2.75, 3.05) is 36.4 Å². The van der Waals surface area contributed by atoms with Gasteiger partial charge in [-0.25, -0.2) is 0 Å². The van der Waals surface area contributed by atoms with Crippen LogP contribution in [0.1, 0.15) is 58.4 Å². The Kier molecular flexibility index (Phi) is 9.26. The molecule has 0 bridgehead atoms. The molecule has 4 N–H and O–H groups in total. The van der Waals surface area contributed by atoms with Crippen molar-refractivity contribution in [1.82, 2.24) is 15.2 Å². The van der Waals surface area contributed by atoms with E-state index in [4.69, 9.17) is 5.73 Å². The molecule has 0 atom stereocenters. The normalized spacial score (nSPS) is 19.2. The lowest BCUT2D eigenvalue weighted by atomic mass is 9.91. The topological polar surface area (TPSA) is 121 Å². The van der Waals surface area contributed by atoms with Crippen LogP contribution in [0.3, 0.4) is 0 Å². The van der Waals surface area contributed by atoms with Gasteiger partial charge in [0, 0.05) is 61.8 Å². The van der Waals surface area contributed by atoms with Crippen LogP contribution in [0.5, 0.6) is 0 Å². The lowest BCUT2D eigenvalue weighted by molar-refractivity contribution is -0.115. The number of pyridine rings is 1. The number of carbonyl (C=O) groups excluding carboxylic acids is 3. The quantitative estimate of drug-likeness (QED) is 0.410. The molecule has 1 aliphatic carbocycles. The van der Waals surface area contributed by atoms with Crippen molar-refractivity contribution < 1.29 is 14.4 Å². The summed E-state index contributed by atoms with van der Waals surface area (Å²) in [6.07, 6.45) is 7.81. The molecule has 1 aromatic heterocycles. The highest BCUT2D eigenvalue weighted by atomic mass is 16.2. The zero-order valence-electron chi connectivity index (χ0n) is 23.3. The van der Waals surface area contributed by atoms with Gasteiger partial charge < -0.3 is 26.2 Å². The van der Waals surface area contributed by atoms with Crippen LogP contribution >= 0.6 is 0 Å². The van der Waals surface area contributed by atoms with E-state index >= 15 is 0 Å². The number of rotatable bonds is 7. The molecule has 0 unspecified atom stereocenters. The molecule has 9 nitrogen and oxygen atoms in total. The van der Waals surface area contributed by atoms with Crippen molar-refractivity contribution in [3.63, 3.8) is 0 Å². The van der Waals surface area contributed by atoms with Gasteiger partial charge in [-0.15, -0.1) is 0 Å². The van der Waals surface area contributed by atoms with E-state index in [0.717, 1.165) is 49.9 Å². The lowest BCUT2D eigenvalue weighted by Crippen LogP contribution is -2.40. The van der Waals surface area contributed by atoms with E-state index in [1.807, 2.05) is 47.4 Å². The monoisotopic (exact) mass is 554 g/mol. The van der Waals surface area contributed by atoms with Crippen molar-refractivity contribution in [3.8, 4) is 0 Å². The number of hydrogen-bond acceptors (Lipinski definition) is 6.